The van der Waals surface area contributed by atoms with E-state index in [9.17, 15) is 0 Å². The maximum atomic E-state index is 6.47. The molecule has 5 heteroatoms. The summed E-state index contributed by atoms with van der Waals surface area (Å²) in [5, 5.41) is 4.18. The van der Waals surface area contributed by atoms with Crippen LogP contribution in [0.1, 0.15) is 77.4 Å². The fourth-order valence-corrected chi connectivity index (χ4v) is 3.36. The van der Waals surface area contributed by atoms with Crippen molar-refractivity contribution in [1.29, 1.82) is 0 Å². The SMILES string of the molecule is CCOC(CC)(CC)c1noc(CC2(N)CCCCC2)n1. The minimum atomic E-state index is -0.426. The van der Waals surface area contributed by atoms with Crippen molar-refractivity contribution in [3.63, 3.8) is 0 Å². The van der Waals surface area contributed by atoms with Crippen LogP contribution in [0.2, 0.25) is 0 Å². The highest BCUT2D eigenvalue weighted by Gasteiger charge is 2.36. The van der Waals surface area contributed by atoms with Crippen molar-refractivity contribution in [1.82, 2.24) is 10.1 Å². The van der Waals surface area contributed by atoms with Crippen molar-refractivity contribution in [2.75, 3.05) is 6.61 Å². The van der Waals surface area contributed by atoms with Crippen molar-refractivity contribution < 1.29 is 9.26 Å². The number of hydrogen-bond donors (Lipinski definition) is 1. The monoisotopic (exact) mass is 295 g/mol. The Hall–Kier alpha value is -0.940. The molecule has 0 radical (unpaired) electrons. The minimum Gasteiger partial charge on any atom is -0.367 e. The van der Waals surface area contributed by atoms with E-state index < -0.39 is 5.60 Å². The molecule has 0 bridgehead atoms. The number of nitrogens with zero attached hydrogens (tertiary/aromatic N) is 2. The maximum Gasteiger partial charge on any atom is 0.228 e. The van der Waals surface area contributed by atoms with E-state index in [1.165, 1.54) is 19.3 Å². The predicted octanol–water partition coefficient (Wildman–Crippen LogP) is 3.33. The van der Waals surface area contributed by atoms with E-state index in [1.807, 2.05) is 6.92 Å². The second-order valence-corrected chi connectivity index (χ2v) is 6.25. The summed E-state index contributed by atoms with van der Waals surface area (Å²) in [5.41, 5.74) is 5.88. The van der Waals surface area contributed by atoms with Gasteiger partial charge in [-0.1, -0.05) is 38.3 Å². The zero-order valence-corrected chi connectivity index (χ0v) is 13.7. The molecule has 0 atom stereocenters. The van der Waals surface area contributed by atoms with Gasteiger partial charge in [0.1, 0.15) is 5.60 Å². The van der Waals surface area contributed by atoms with Crippen molar-refractivity contribution in [3.8, 4) is 0 Å². The zero-order valence-electron chi connectivity index (χ0n) is 13.7. The molecule has 2 N–H and O–H groups in total. The average molecular weight is 295 g/mol. The highest BCUT2D eigenvalue weighted by atomic mass is 16.5. The third kappa shape index (κ3) is 3.64. The molecule has 1 saturated carbocycles. The highest BCUT2D eigenvalue weighted by Crippen LogP contribution is 2.32. The molecular weight excluding hydrogens is 266 g/mol. The molecule has 120 valence electrons. The largest absolute Gasteiger partial charge is 0.367 e. The first kappa shape index (κ1) is 16.4. The van der Waals surface area contributed by atoms with Gasteiger partial charge in [0, 0.05) is 18.6 Å². The fraction of sp³-hybridized carbons (Fsp3) is 0.875. The molecule has 0 amide bonds. The van der Waals surface area contributed by atoms with Crippen molar-refractivity contribution in [3.05, 3.63) is 11.7 Å². The fourth-order valence-electron chi connectivity index (χ4n) is 3.36. The van der Waals surface area contributed by atoms with Gasteiger partial charge in [0.2, 0.25) is 11.7 Å². The number of aromatic nitrogens is 2. The van der Waals surface area contributed by atoms with E-state index in [0.717, 1.165) is 25.7 Å². The Balaban J connectivity index is 2.12. The van der Waals surface area contributed by atoms with E-state index in [0.29, 0.717) is 24.7 Å². The van der Waals surface area contributed by atoms with Crippen LogP contribution < -0.4 is 5.73 Å². The van der Waals surface area contributed by atoms with Crippen LogP contribution in [0.3, 0.4) is 0 Å². The van der Waals surface area contributed by atoms with Gasteiger partial charge in [0.25, 0.3) is 0 Å². The van der Waals surface area contributed by atoms with Crippen LogP contribution in [0.25, 0.3) is 0 Å². The summed E-state index contributed by atoms with van der Waals surface area (Å²) in [6.45, 7) is 6.84. The Morgan fingerprint density at radius 3 is 2.43 bits per heavy atom. The topological polar surface area (TPSA) is 74.2 Å². The first-order valence-electron chi connectivity index (χ1n) is 8.33. The number of rotatable bonds is 7. The van der Waals surface area contributed by atoms with E-state index in [1.54, 1.807) is 0 Å². The van der Waals surface area contributed by atoms with Gasteiger partial charge in [-0.2, -0.15) is 4.98 Å². The molecule has 1 fully saturated rings. The molecule has 0 aliphatic heterocycles. The lowest BCUT2D eigenvalue weighted by molar-refractivity contribution is -0.0583. The van der Waals surface area contributed by atoms with Crippen molar-refractivity contribution in [2.24, 2.45) is 5.73 Å². The normalized spacial score (nSPS) is 18.9. The average Bonchev–Trinajstić information content (AvgIpc) is 2.94. The van der Waals surface area contributed by atoms with Crippen LogP contribution in [0.5, 0.6) is 0 Å². The second-order valence-electron chi connectivity index (χ2n) is 6.25. The molecule has 0 unspecified atom stereocenters. The number of hydrogen-bond acceptors (Lipinski definition) is 5. The molecule has 0 aromatic carbocycles. The van der Waals surface area contributed by atoms with Crippen LogP contribution >= 0.6 is 0 Å². The summed E-state index contributed by atoms with van der Waals surface area (Å²) in [7, 11) is 0. The lowest BCUT2D eigenvalue weighted by Gasteiger charge is -2.32. The molecule has 1 aliphatic rings. The molecule has 5 nitrogen and oxygen atoms in total. The number of nitrogens with two attached hydrogens (primary N) is 1. The van der Waals surface area contributed by atoms with Crippen LogP contribution in [0, 0.1) is 0 Å². The molecule has 2 rings (SSSR count). The van der Waals surface area contributed by atoms with E-state index in [2.05, 4.69) is 24.0 Å². The van der Waals surface area contributed by atoms with Crippen LogP contribution in [-0.4, -0.2) is 22.3 Å². The third-order valence-electron chi connectivity index (χ3n) is 4.79. The van der Waals surface area contributed by atoms with E-state index in [4.69, 9.17) is 15.0 Å². The molecule has 0 spiro atoms. The van der Waals surface area contributed by atoms with Crippen molar-refractivity contribution >= 4 is 0 Å². The third-order valence-corrected chi connectivity index (χ3v) is 4.79. The summed E-state index contributed by atoms with van der Waals surface area (Å²) in [6, 6.07) is 0. The Morgan fingerprint density at radius 1 is 1.19 bits per heavy atom. The van der Waals surface area contributed by atoms with Gasteiger partial charge in [0.15, 0.2) is 0 Å². The van der Waals surface area contributed by atoms with Crippen LogP contribution in [0.4, 0.5) is 0 Å². The lowest BCUT2D eigenvalue weighted by atomic mass is 9.80. The first-order chi connectivity index (χ1) is 10.1. The summed E-state index contributed by atoms with van der Waals surface area (Å²) in [4.78, 5) is 4.60. The summed E-state index contributed by atoms with van der Waals surface area (Å²) >= 11 is 0. The smallest absolute Gasteiger partial charge is 0.228 e. The van der Waals surface area contributed by atoms with Gasteiger partial charge >= 0.3 is 0 Å². The van der Waals surface area contributed by atoms with Crippen LogP contribution in [-0.2, 0) is 16.8 Å². The first-order valence-corrected chi connectivity index (χ1v) is 8.33. The van der Waals surface area contributed by atoms with Gasteiger partial charge in [-0.15, -0.1) is 0 Å². The standard InChI is InChI=1S/C16H29N3O2/c1-4-16(5-2,20-6-3)14-18-13(21-19-14)12-15(17)10-8-7-9-11-15/h4-12,17H2,1-3H3. The Bertz CT molecular complexity index is 434. The quantitative estimate of drug-likeness (QED) is 0.835. The highest BCUT2D eigenvalue weighted by molar-refractivity contribution is 5.04. The molecule has 21 heavy (non-hydrogen) atoms. The van der Waals surface area contributed by atoms with Crippen LogP contribution in [0.15, 0.2) is 4.52 Å². The van der Waals surface area contributed by atoms with Gasteiger partial charge < -0.3 is 15.0 Å². The second kappa shape index (κ2) is 6.88. The Morgan fingerprint density at radius 2 is 1.86 bits per heavy atom. The Kier molecular flexibility index (Phi) is 5.38. The molecular formula is C16H29N3O2. The molecule has 1 aromatic heterocycles. The van der Waals surface area contributed by atoms with Gasteiger partial charge in [-0.3, -0.25) is 0 Å². The van der Waals surface area contributed by atoms with Gasteiger partial charge in [-0.05, 0) is 32.6 Å². The summed E-state index contributed by atoms with van der Waals surface area (Å²) < 4.78 is 11.4. The minimum absolute atomic E-state index is 0.172. The summed E-state index contributed by atoms with van der Waals surface area (Å²) in [5.74, 6) is 1.32. The summed E-state index contributed by atoms with van der Waals surface area (Å²) in [6.07, 6.45) is 8.12. The Labute approximate surface area is 127 Å². The van der Waals surface area contributed by atoms with Gasteiger partial charge in [-0.25, -0.2) is 0 Å². The van der Waals surface area contributed by atoms with E-state index >= 15 is 0 Å². The molecule has 0 saturated heterocycles. The molecule has 1 heterocycles. The lowest BCUT2D eigenvalue weighted by Crippen LogP contribution is -2.43. The predicted molar refractivity (Wildman–Crippen MR) is 81.9 cm³/mol. The van der Waals surface area contributed by atoms with Crippen molar-refractivity contribution in [2.45, 2.75) is 83.3 Å². The molecule has 1 aliphatic carbocycles. The zero-order chi connectivity index (χ0) is 15.3. The molecule has 1 aromatic rings. The maximum absolute atomic E-state index is 6.47. The van der Waals surface area contributed by atoms with Gasteiger partial charge in [0.05, 0.1) is 0 Å². The number of ether oxygens (including phenoxy) is 1. The van der Waals surface area contributed by atoms with E-state index in [-0.39, 0.29) is 5.54 Å².